The molecule has 0 amide bonds. The van der Waals surface area contributed by atoms with Crippen molar-refractivity contribution >= 4 is 44.6 Å². The molecule has 1 aliphatic rings. The van der Waals surface area contributed by atoms with E-state index in [-0.39, 0.29) is 12.1 Å². The van der Waals surface area contributed by atoms with Crippen LogP contribution in [0.2, 0.25) is 0 Å². The second-order valence-electron chi connectivity index (χ2n) is 5.79. The van der Waals surface area contributed by atoms with E-state index in [4.69, 9.17) is 12.2 Å². The van der Waals surface area contributed by atoms with E-state index in [0.29, 0.717) is 0 Å². The van der Waals surface area contributed by atoms with Gasteiger partial charge in [-0.1, -0.05) is 6.07 Å². The molecular weight excluding hydrogens is 392 g/mol. The Morgan fingerprint density at radius 1 is 1.43 bits per heavy atom. The number of thiophene rings is 1. The summed E-state index contributed by atoms with van der Waals surface area (Å²) in [5.41, 5.74) is 1.02. The zero-order valence-electron chi connectivity index (χ0n) is 13.1. The van der Waals surface area contributed by atoms with Gasteiger partial charge in [0.25, 0.3) is 0 Å². The summed E-state index contributed by atoms with van der Waals surface area (Å²) in [6.07, 6.45) is 1.84. The van der Waals surface area contributed by atoms with Crippen LogP contribution in [0.15, 0.2) is 40.3 Å². The first kappa shape index (κ1) is 16.8. The van der Waals surface area contributed by atoms with Crippen molar-refractivity contribution in [1.82, 2.24) is 20.1 Å². The van der Waals surface area contributed by atoms with E-state index in [0.717, 1.165) is 28.4 Å². The third-order valence-electron chi connectivity index (χ3n) is 3.87. The fourth-order valence-electron chi connectivity index (χ4n) is 2.75. The van der Waals surface area contributed by atoms with Crippen LogP contribution >= 0.6 is 39.5 Å². The van der Waals surface area contributed by atoms with Crippen LogP contribution in [0.1, 0.15) is 22.7 Å². The van der Waals surface area contributed by atoms with Crippen LogP contribution in [-0.2, 0) is 0 Å². The van der Waals surface area contributed by atoms with Crippen molar-refractivity contribution in [2.24, 2.45) is 0 Å². The van der Waals surface area contributed by atoms with E-state index < -0.39 is 0 Å². The van der Waals surface area contributed by atoms with Gasteiger partial charge in [-0.15, -0.1) is 11.3 Å². The molecule has 1 fully saturated rings. The van der Waals surface area contributed by atoms with Crippen molar-refractivity contribution in [3.8, 4) is 0 Å². The number of nitrogens with zero attached hydrogens (tertiary/aromatic N) is 3. The molecule has 0 aromatic carbocycles. The molecule has 2 aromatic heterocycles. The number of rotatable bonds is 5. The number of hydrogen-bond donors (Lipinski definition) is 1. The van der Waals surface area contributed by atoms with E-state index in [1.165, 1.54) is 4.88 Å². The molecule has 0 aliphatic carbocycles. The average Bonchev–Trinajstić information content (AvgIpc) is 3.09. The van der Waals surface area contributed by atoms with Crippen molar-refractivity contribution < 1.29 is 0 Å². The van der Waals surface area contributed by atoms with Crippen LogP contribution in [0.5, 0.6) is 0 Å². The van der Waals surface area contributed by atoms with Gasteiger partial charge in [-0.2, -0.15) is 0 Å². The summed E-state index contributed by atoms with van der Waals surface area (Å²) >= 11 is 10.9. The first-order valence-corrected chi connectivity index (χ1v) is 9.51. The van der Waals surface area contributed by atoms with Crippen molar-refractivity contribution in [3.05, 3.63) is 50.9 Å². The van der Waals surface area contributed by atoms with E-state index in [9.17, 15) is 0 Å². The van der Waals surface area contributed by atoms with E-state index >= 15 is 0 Å². The molecule has 2 aromatic rings. The Morgan fingerprint density at radius 2 is 2.26 bits per heavy atom. The summed E-state index contributed by atoms with van der Waals surface area (Å²) in [4.78, 5) is 10.3. The molecule has 4 nitrogen and oxygen atoms in total. The maximum Gasteiger partial charge on any atom is 0.170 e. The van der Waals surface area contributed by atoms with Gasteiger partial charge in [0.05, 0.1) is 17.8 Å². The fraction of sp³-hybridized carbons (Fsp3) is 0.375. The summed E-state index contributed by atoms with van der Waals surface area (Å²) in [5.74, 6) is 0. The summed E-state index contributed by atoms with van der Waals surface area (Å²) in [6.45, 7) is 1.85. The summed E-state index contributed by atoms with van der Waals surface area (Å²) in [7, 11) is 4.17. The number of hydrogen-bond acceptors (Lipinski definition) is 4. The van der Waals surface area contributed by atoms with Gasteiger partial charge in [0.2, 0.25) is 0 Å². The van der Waals surface area contributed by atoms with E-state index in [2.05, 4.69) is 67.6 Å². The van der Waals surface area contributed by atoms with Crippen molar-refractivity contribution in [2.45, 2.75) is 12.1 Å². The maximum absolute atomic E-state index is 5.61. The van der Waals surface area contributed by atoms with E-state index in [1.807, 2.05) is 18.3 Å². The van der Waals surface area contributed by atoms with Crippen LogP contribution in [0, 0.1) is 0 Å². The van der Waals surface area contributed by atoms with Crippen molar-refractivity contribution in [1.29, 1.82) is 0 Å². The highest BCUT2D eigenvalue weighted by atomic mass is 79.9. The highest BCUT2D eigenvalue weighted by Crippen LogP contribution is 2.41. The molecular formula is C16H19BrN4S2. The Hall–Kier alpha value is -1.02. The highest BCUT2D eigenvalue weighted by molar-refractivity contribution is 9.10. The minimum Gasteiger partial charge on any atom is -0.352 e. The third kappa shape index (κ3) is 3.74. The van der Waals surface area contributed by atoms with Gasteiger partial charge < -0.3 is 15.1 Å². The van der Waals surface area contributed by atoms with E-state index in [1.54, 1.807) is 11.3 Å². The van der Waals surface area contributed by atoms with Crippen LogP contribution in [0.4, 0.5) is 0 Å². The molecule has 1 N–H and O–H groups in total. The fourth-order valence-corrected chi connectivity index (χ4v) is 4.67. The topological polar surface area (TPSA) is 31.4 Å². The van der Waals surface area contributed by atoms with Gasteiger partial charge in [0.1, 0.15) is 0 Å². The second-order valence-corrected chi connectivity index (χ2v) is 8.04. The predicted molar refractivity (Wildman–Crippen MR) is 103 cm³/mol. The van der Waals surface area contributed by atoms with Crippen LogP contribution in [0.3, 0.4) is 0 Å². The van der Waals surface area contributed by atoms with Crippen LogP contribution in [-0.4, -0.2) is 47.1 Å². The molecule has 0 radical (unpaired) electrons. The molecule has 0 spiro atoms. The lowest BCUT2D eigenvalue weighted by Crippen LogP contribution is -2.35. The second kappa shape index (κ2) is 7.25. The van der Waals surface area contributed by atoms with Gasteiger partial charge in [0.15, 0.2) is 5.11 Å². The maximum atomic E-state index is 5.61. The smallest absolute Gasteiger partial charge is 0.170 e. The molecule has 3 rings (SSSR count). The Labute approximate surface area is 154 Å². The molecule has 1 saturated heterocycles. The lowest BCUT2D eigenvalue weighted by Gasteiger charge is -2.27. The quantitative estimate of drug-likeness (QED) is 0.762. The zero-order valence-corrected chi connectivity index (χ0v) is 16.3. The third-order valence-corrected chi connectivity index (χ3v) is 5.98. The molecule has 2 atom stereocenters. The Balaban J connectivity index is 1.94. The number of pyridine rings is 1. The largest absolute Gasteiger partial charge is 0.352 e. The van der Waals surface area contributed by atoms with Crippen LogP contribution < -0.4 is 5.32 Å². The minimum absolute atomic E-state index is 0.0800. The predicted octanol–water partition coefficient (Wildman–Crippen LogP) is 3.44. The molecule has 0 unspecified atom stereocenters. The summed E-state index contributed by atoms with van der Waals surface area (Å²) in [5, 5.41) is 6.39. The SMILES string of the molecule is CN(C)CCN1C(=S)N[C@@H](c2ccccn2)[C@H]1c1cc(Br)cs1. The Bertz CT molecular complexity index is 674. The lowest BCUT2D eigenvalue weighted by atomic mass is 10.0. The summed E-state index contributed by atoms with van der Waals surface area (Å²) in [6, 6.07) is 8.47. The monoisotopic (exact) mass is 410 g/mol. The standard InChI is InChI=1S/C16H19BrN4S2/c1-20(2)7-8-21-15(13-9-11(17)10-23-13)14(19-16(21)22)12-5-3-4-6-18-12/h3-6,9-10,14-15H,7-8H2,1-2H3,(H,19,22)/t14-,15+/m0/s1. The molecule has 23 heavy (non-hydrogen) atoms. The number of likely N-dealkylation sites (N-methyl/N-ethyl adjacent to an activating group) is 1. The molecule has 7 heteroatoms. The van der Waals surface area contributed by atoms with Gasteiger partial charge in [-0.05, 0) is 60.4 Å². The average molecular weight is 411 g/mol. The van der Waals surface area contributed by atoms with Gasteiger partial charge >= 0.3 is 0 Å². The number of thiocarbonyl (C=S) groups is 1. The lowest BCUT2D eigenvalue weighted by molar-refractivity contribution is 0.280. The van der Waals surface area contributed by atoms with Gasteiger partial charge in [-0.25, -0.2) is 0 Å². The molecule has 3 heterocycles. The van der Waals surface area contributed by atoms with Crippen LogP contribution in [0.25, 0.3) is 0 Å². The van der Waals surface area contributed by atoms with Gasteiger partial charge in [-0.3, -0.25) is 4.98 Å². The Kier molecular flexibility index (Phi) is 5.31. The zero-order chi connectivity index (χ0) is 16.4. The van der Waals surface area contributed by atoms with Gasteiger partial charge in [0, 0.05) is 34.0 Å². The number of aromatic nitrogens is 1. The first-order chi connectivity index (χ1) is 11.1. The number of halogens is 1. The molecule has 1 aliphatic heterocycles. The van der Waals surface area contributed by atoms with Crippen molar-refractivity contribution in [3.63, 3.8) is 0 Å². The normalized spacial score (nSPS) is 21.0. The molecule has 0 saturated carbocycles. The summed E-state index contributed by atoms with van der Waals surface area (Å²) < 4.78 is 1.11. The molecule has 122 valence electrons. The first-order valence-electron chi connectivity index (χ1n) is 7.43. The molecule has 0 bridgehead atoms. The minimum atomic E-state index is 0.0800. The number of nitrogens with one attached hydrogen (secondary N) is 1. The van der Waals surface area contributed by atoms with Crippen molar-refractivity contribution in [2.75, 3.05) is 27.2 Å². The Morgan fingerprint density at radius 3 is 2.87 bits per heavy atom. The highest BCUT2D eigenvalue weighted by Gasteiger charge is 2.40.